The Hall–Kier alpha value is -1.02. The van der Waals surface area contributed by atoms with E-state index in [1.807, 2.05) is 6.92 Å². The van der Waals surface area contributed by atoms with Crippen LogP contribution in [0.4, 0.5) is 0 Å². The van der Waals surface area contributed by atoms with Crippen molar-refractivity contribution in [3.8, 4) is 5.75 Å². The summed E-state index contributed by atoms with van der Waals surface area (Å²) < 4.78 is 5.33. The molecule has 0 amide bonds. The van der Waals surface area contributed by atoms with Crippen LogP contribution in [0.25, 0.3) is 0 Å². The molecular formula is C13H20O2. The van der Waals surface area contributed by atoms with Crippen LogP contribution < -0.4 is 4.74 Å². The van der Waals surface area contributed by atoms with E-state index < -0.39 is 0 Å². The van der Waals surface area contributed by atoms with E-state index in [0.29, 0.717) is 0 Å². The molecule has 0 saturated heterocycles. The standard InChI is InChI=1S/C13H20O2/c1-9-7-12(6-5-11(3)14)13(15-4)8-10(9)2/h7-8,11,14H,5-6H2,1-4H3. The molecule has 1 N–H and O–H groups in total. The summed E-state index contributed by atoms with van der Waals surface area (Å²) in [6.07, 6.45) is 1.39. The number of aliphatic hydroxyl groups excluding tert-OH is 1. The lowest BCUT2D eigenvalue weighted by Gasteiger charge is -2.12. The van der Waals surface area contributed by atoms with Gasteiger partial charge in [-0.2, -0.15) is 0 Å². The summed E-state index contributed by atoms with van der Waals surface area (Å²) in [4.78, 5) is 0. The van der Waals surface area contributed by atoms with E-state index in [2.05, 4.69) is 26.0 Å². The lowest BCUT2D eigenvalue weighted by Crippen LogP contribution is -2.03. The average molecular weight is 208 g/mol. The molecule has 0 spiro atoms. The maximum Gasteiger partial charge on any atom is 0.122 e. The fourth-order valence-corrected chi connectivity index (χ4v) is 1.60. The minimum atomic E-state index is -0.253. The van der Waals surface area contributed by atoms with Crippen LogP contribution in [0.1, 0.15) is 30.0 Å². The summed E-state index contributed by atoms with van der Waals surface area (Å²) in [6.45, 7) is 5.99. The molecule has 2 nitrogen and oxygen atoms in total. The number of hydrogen-bond donors (Lipinski definition) is 1. The van der Waals surface area contributed by atoms with Gasteiger partial charge in [0.15, 0.2) is 0 Å². The van der Waals surface area contributed by atoms with Crippen LogP contribution in [-0.4, -0.2) is 18.3 Å². The third-order valence-electron chi connectivity index (χ3n) is 2.73. The maximum absolute atomic E-state index is 9.26. The summed E-state index contributed by atoms with van der Waals surface area (Å²) >= 11 is 0. The van der Waals surface area contributed by atoms with E-state index in [0.717, 1.165) is 18.6 Å². The Morgan fingerprint density at radius 1 is 1.27 bits per heavy atom. The van der Waals surface area contributed by atoms with Crippen molar-refractivity contribution in [3.05, 3.63) is 28.8 Å². The van der Waals surface area contributed by atoms with Gasteiger partial charge in [0.25, 0.3) is 0 Å². The molecule has 0 radical (unpaired) electrons. The third-order valence-corrected chi connectivity index (χ3v) is 2.73. The summed E-state index contributed by atoms with van der Waals surface area (Å²) in [5, 5.41) is 9.26. The first-order valence-electron chi connectivity index (χ1n) is 5.36. The number of rotatable bonds is 4. The lowest BCUT2D eigenvalue weighted by molar-refractivity contribution is 0.184. The van der Waals surface area contributed by atoms with E-state index in [1.54, 1.807) is 7.11 Å². The van der Waals surface area contributed by atoms with Crippen LogP contribution in [0.2, 0.25) is 0 Å². The first-order chi connectivity index (χ1) is 7.04. The molecule has 0 bridgehead atoms. The number of ether oxygens (including phenoxy) is 1. The minimum Gasteiger partial charge on any atom is -0.496 e. The molecule has 1 aromatic rings. The molecule has 2 heteroatoms. The monoisotopic (exact) mass is 208 g/mol. The van der Waals surface area contributed by atoms with Crippen molar-refractivity contribution in [2.45, 2.75) is 39.7 Å². The molecule has 1 rings (SSSR count). The van der Waals surface area contributed by atoms with Crippen molar-refractivity contribution >= 4 is 0 Å². The molecule has 0 saturated carbocycles. The van der Waals surface area contributed by atoms with Gasteiger partial charge in [-0.25, -0.2) is 0 Å². The molecule has 0 aliphatic heterocycles. The number of aliphatic hydroxyl groups is 1. The van der Waals surface area contributed by atoms with Crippen LogP contribution in [0.5, 0.6) is 5.75 Å². The highest BCUT2D eigenvalue weighted by Crippen LogP contribution is 2.24. The maximum atomic E-state index is 9.26. The lowest BCUT2D eigenvalue weighted by atomic mass is 10.0. The fraction of sp³-hybridized carbons (Fsp3) is 0.538. The molecule has 0 fully saturated rings. The van der Waals surface area contributed by atoms with Crippen LogP contribution in [0.15, 0.2) is 12.1 Å². The number of methoxy groups -OCH3 is 1. The van der Waals surface area contributed by atoms with Gasteiger partial charge in [0.1, 0.15) is 5.75 Å². The minimum absolute atomic E-state index is 0.253. The summed E-state index contributed by atoms with van der Waals surface area (Å²) in [6, 6.07) is 4.21. The van der Waals surface area contributed by atoms with Gasteiger partial charge in [-0.05, 0) is 56.4 Å². The average Bonchev–Trinajstić information content (AvgIpc) is 2.19. The Morgan fingerprint density at radius 2 is 1.87 bits per heavy atom. The van der Waals surface area contributed by atoms with E-state index in [4.69, 9.17) is 4.74 Å². The van der Waals surface area contributed by atoms with Crippen molar-refractivity contribution in [3.63, 3.8) is 0 Å². The Labute approximate surface area is 91.9 Å². The van der Waals surface area contributed by atoms with Crippen molar-refractivity contribution < 1.29 is 9.84 Å². The Balaban J connectivity index is 2.89. The number of benzene rings is 1. The second-order valence-electron chi connectivity index (χ2n) is 4.14. The fourth-order valence-electron chi connectivity index (χ4n) is 1.60. The van der Waals surface area contributed by atoms with Crippen LogP contribution in [0.3, 0.4) is 0 Å². The van der Waals surface area contributed by atoms with Gasteiger partial charge in [-0.15, -0.1) is 0 Å². The van der Waals surface area contributed by atoms with Crippen LogP contribution >= 0.6 is 0 Å². The van der Waals surface area contributed by atoms with Gasteiger partial charge in [0.2, 0.25) is 0 Å². The van der Waals surface area contributed by atoms with Gasteiger partial charge in [0, 0.05) is 0 Å². The van der Waals surface area contributed by atoms with Crippen LogP contribution in [-0.2, 0) is 6.42 Å². The molecule has 15 heavy (non-hydrogen) atoms. The number of hydrogen-bond acceptors (Lipinski definition) is 2. The molecule has 0 aliphatic rings. The molecule has 1 aromatic carbocycles. The van der Waals surface area contributed by atoms with Gasteiger partial charge in [0.05, 0.1) is 13.2 Å². The summed E-state index contributed by atoms with van der Waals surface area (Å²) in [5.74, 6) is 0.929. The van der Waals surface area contributed by atoms with E-state index >= 15 is 0 Å². The summed E-state index contributed by atoms with van der Waals surface area (Å²) in [7, 11) is 1.69. The van der Waals surface area contributed by atoms with Crippen molar-refractivity contribution in [2.24, 2.45) is 0 Å². The van der Waals surface area contributed by atoms with Crippen molar-refractivity contribution in [1.29, 1.82) is 0 Å². The van der Waals surface area contributed by atoms with Gasteiger partial charge in [-0.3, -0.25) is 0 Å². The predicted molar refractivity (Wildman–Crippen MR) is 62.5 cm³/mol. The number of aryl methyl sites for hydroxylation is 3. The van der Waals surface area contributed by atoms with Gasteiger partial charge >= 0.3 is 0 Å². The Bertz CT molecular complexity index is 330. The molecule has 0 heterocycles. The highest BCUT2D eigenvalue weighted by atomic mass is 16.5. The zero-order chi connectivity index (χ0) is 11.4. The van der Waals surface area contributed by atoms with Crippen molar-refractivity contribution in [2.75, 3.05) is 7.11 Å². The molecular weight excluding hydrogens is 188 g/mol. The molecule has 0 aromatic heterocycles. The SMILES string of the molecule is COc1cc(C)c(C)cc1CCC(C)O. The molecule has 84 valence electrons. The highest BCUT2D eigenvalue weighted by molar-refractivity contribution is 5.41. The third kappa shape index (κ3) is 3.24. The van der Waals surface area contributed by atoms with Crippen molar-refractivity contribution in [1.82, 2.24) is 0 Å². The van der Waals surface area contributed by atoms with E-state index in [-0.39, 0.29) is 6.10 Å². The normalized spacial score (nSPS) is 12.6. The van der Waals surface area contributed by atoms with Gasteiger partial charge in [-0.1, -0.05) is 6.07 Å². The first-order valence-corrected chi connectivity index (χ1v) is 5.36. The Kier molecular flexibility index (Phi) is 4.15. The zero-order valence-electron chi connectivity index (χ0n) is 10.0. The van der Waals surface area contributed by atoms with E-state index in [1.165, 1.54) is 16.7 Å². The van der Waals surface area contributed by atoms with Crippen LogP contribution in [0, 0.1) is 13.8 Å². The molecule has 1 unspecified atom stereocenters. The topological polar surface area (TPSA) is 29.5 Å². The smallest absolute Gasteiger partial charge is 0.122 e. The zero-order valence-corrected chi connectivity index (χ0v) is 10.0. The molecule has 0 aliphatic carbocycles. The second-order valence-corrected chi connectivity index (χ2v) is 4.14. The van der Waals surface area contributed by atoms with Gasteiger partial charge < -0.3 is 9.84 Å². The molecule has 1 atom stereocenters. The Morgan fingerprint density at radius 3 is 2.40 bits per heavy atom. The van der Waals surface area contributed by atoms with E-state index in [9.17, 15) is 5.11 Å². The highest BCUT2D eigenvalue weighted by Gasteiger charge is 2.07. The largest absolute Gasteiger partial charge is 0.496 e. The quantitative estimate of drug-likeness (QED) is 0.824. The second kappa shape index (κ2) is 5.17. The summed E-state index contributed by atoms with van der Waals surface area (Å²) in [5.41, 5.74) is 3.70. The first kappa shape index (κ1) is 12.1. The predicted octanol–water partition coefficient (Wildman–Crippen LogP) is 2.63.